The number of halogens is 1. The van der Waals surface area contributed by atoms with Gasteiger partial charge >= 0.3 is 0 Å². The van der Waals surface area contributed by atoms with Crippen molar-refractivity contribution < 1.29 is 4.79 Å². The predicted molar refractivity (Wildman–Crippen MR) is 86.7 cm³/mol. The fraction of sp³-hybridized carbons (Fsp3) is 0.562. The summed E-state index contributed by atoms with van der Waals surface area (Å²) < 4.78 is 0. The third-order valence-corrected chi connectivity index (χ3v) is 4.24. The molecule has 2 rings (SSSR count). The topological polar surface area (TPSA) is 23.6 Å². The molecule has 20 heavy (non-hydrogen) atoms. The van der Waals surface area contributed by atoms with Crippen LogP contribution in [0.25, 0.3) is 0 Å². The molecule has 110 valence electrons. The van der Waals surface area contributed by atoms with Crippen LogP contribution in [-0.4, -0.2) is 53.8 Å². The average Bonchev–Trinajstić information content (AvgIpc) is 2.48. The van der Waals surface area contributed by atoms with Gasteiger partial charge in [-0.2, -0.15) is 0 Å². The second-order valence-electron chi connectivity index (χ2n) is 5.60. The van der Waals surface area contributed by atoms with Crippen molar-refractivity contribution in [2.45, 2.75) is 19.8 Å². The molecule has 1 aliphatic heterocycles. The molecule has 0 unspecified atom stereocenters. The van der Waals surface area contributed by atoms with Gasteiger partial charge in [-0.3, -0.25) is 9.69 Å². The number of amides is 1. The molecule has 0 aromatic heterocycles. The number of alkyl halides is 1. The second-order valence-corrected chi connectivity index (χ2v) is 6.39. The van der Waals surface area contributed by atoms with E-state index in [1.54, 1.807) is 0 Å². The Labute approximate surface area is 130 Å². The third kappa shape index (κ3) is 3.83. The van der Waals surface area contributed by atoms with Crippen molar-refractivity contribution in [3.63, 3.8) is 0 Å². The van der Waals surface area contributed by atoms with Gasteiger partial charge < -0.3 is 4.90 Å². The van der Waals surface area contributed by atoms with E-state index in [1.165, 1.54) is 5.56 Å². The summed E-state index contributed by atoms with van der Waals surface area (Å²) in [6.45, 7) is 9.00. The zero-order valence-corrected chi connectivity index (χ0v) is 13.9. The molecule has 0 spiro atoms. The third-order valence-electron chi connectivity index (χ3n) is 3.88. The van der Waals surface area contributed by atoms with Crippen molar-refractivity contribution in [2.75, 3.05) is 38.1 Å². The van der Waals surface area contributed by atoms with Gasteiger partial charge in [-0.05, 0) is 23.6 Å². The molecular formula is C16H23BrN2O. The summed E-state index contributed by atoms with van der Waals surface area (Å²) >= 11 is 3.46. The number of benzene rings is 1. The van der Waals surface area contributed by atoms with Crippen molar-refractivity contribution in [1.29, 1.82) is 0 Å². The van der Waals surface area contributed by atoms with Gasteiger partial charge in [0, 0.05) is 43.6 Å². The molecule has 0 bridgehead atoms. The summed E-state index contributed by atoms with van der Waals surface area (Å²) in [4.78, 5) is 16.8. The lowest BCUT2D eigenvalue weighted by Gasteiger charge is -2.34. The van der Waals surface area contributed by atoms with Crippen LogP contribution in [0.3, 0.4) is 0 Å². The first-order valence-electron chi connectivity index (χ1n) is 7.29. The SMILES string of the molecule is CC(C)c1ccc(C(=O)N2CCN(CCBr)CC2)cc1. The van der Waals surface area contributed by atoms with E-state index in [1.807, 2.05) is 17.0 Å². The van der Waals surface area contributed by atoms with Crippen LogP contribution in [0.5, 0.6) is 0 Å². The Hall–Kier alpha value is -0.870. The Kier molecular flexibility index (Phi) is 5.61. The number of hydrogen-bond donors (Lipinski definition) is 0. The summed E-state index contributed by atoms with van der Waals surface area (Å²) in [7, 11) is 0. The fourth-order valence-corrected chi connectivity index (χ4v) is 2.99. The van der Waals surface area contributed by atoms with E-state index in [9.17, 15) is 4.79 Å². The molecule has 1 aromatic carbocycles. The molecule has 0 saturated carbocycles. The van der Waals surface area contributed by atoms with E-state index in [2.05, 4.69) is 46.8 Å². The maximum Gasteiger partial charge on any atom is 0.253 e. The molecule has 3 nitrogen and oxygen atoms in total. The van der Waals surface area contributed by atoms with Crippen molar-refractivity contribution in [3.05, 3.63) is 35.4 Å². The van der Waals surface area contributed by atoms with E-state index in [0.29, 0.717) is 5.92 Å². The number of piperazine rings is 1. The van der Waals surface area contributed by atoms with Gasteiger partial charge in [-0.1, -0.05) is 41.9 Å². The Morgan fingerprint density at radius 3 is 2.25 bits per heavy atom. The molecule has 1 amide bonds. The summed E-state index contributed by atoms with van der Waals surface area (Å²) in [5, 5.41) is 0.998. The molecular weight excluding hydrogens is 316 g/mol. The fourth-order valence-electron chi connectivity index (χ4n) is 2.49. The summed E-state index contributed by atoms with van der Waals surface area (Å²) in [5.74, 6) is 0.672. The second kappa shape index (κ2) is 7.23. The molecule has 4 heteroatoms. The lowest BCUT2D eigenvalue weighted by molar-refractivity contribution is 0.0645. The maximum absolute atomic E-state index is 12.4. The van der Waals surface area contributed by atoms with E-state index in [4.69, 9.17) is 0 Å². The summed E-state index contributed by atoms with van der Waals surface area (Å²) in [5.41, 5.74) is 2.09. The highest BCUT2D eigenvalue weighted by molar-refractivity contribution is 9.09. The number of carbonyl (C=O) groups is 1. The Bertz CT molecular complexity index is 436. The van der Waals surface area contributed by atoms with Crippen LogP contribution in [-0.2, 0) is 0 Å². The van der Waals surface area contributed by atoms with Crippen molar-refractivity contribution in [3.8, 4) is 0 Å². The zero-order valence-electron chi connectivity index (χ0n) is 12.3. The number of hydrogen-bond acceptors (Lipinski definition) is 2. The first-order chi connectivity index (χ1) is 9.61. The van der Waals surface area contributed by atoms with Crippen LogP contribution in [0.4, 0.5) is 0 Å². The Balaban J connectivity index is 1.95. The minimum atomic E-state index is 0.166. The van der Waals surface area contributed by atoms with Gasteiger partial charge in [0.2, 0.25) is 0 Å². The van der Waals surface area contributed by atoms with Crippen molar-refractivity contribution in [2.24, 2.45) is 0 Å². The lowest BCUT2D eigenvalue weighted by atomic mass is 10.0. The number of rotatable bonds is 4. The van der Waals surface area contributed by atoms with E-state index < -0.39 is 0 Å². The highest BCUT2D eigenvalue weighted by Gasteiger charge is 2.21. The van der Waals surface area contributed by atoms with Crippen LogP contribution in [0.1, 0.15) is 35.7 Å². The minimum Gasteiger partial charge on any atom is -0.336 e. The smallest absolute Gasteiger partial charge is 0.253 e. The van der Waals surface area contributed by atoms with Gasteiger partial charge in [0.1, 0.15) is 0 Å². The highest BCUT2D eigenvalue weighted by atomic mass is 79.9. The van der Waals surface area contributed by atoms with E-state index in [0.717, 1.165) is 43.6 Å². The van der Waals surface area contributed by atoms with E-state index in [-0.39, 0.29) is 5.91 Å². The van der Waals surface area contributed by atoms with Crippen LogP contribution in [0, 0.1) is 0 Å². The molecule has 1 heterocycles. The van der Waals surface area contributed by atoms with Crippen LogP contribution < -0.4 is 0 Å². The molecule has 0 aliphatic carbocycles. The first kappa shape index (κ1) is 15.5. The predicted octanol–water partition coefficient (Wildman–Crippen LogP) is 2.96. The van der Waals surface area contributed by atoms with Crippen LogP contribution in [0.15, 0.2) is 24.3 Å². The van der Waals surface area contributed by atoms with Gasteiger partial charge in [-0.15, -0.1) is 0 Å². The minimum absolute atomic E-state index is 0.166. The molecule has 0 N–H and O–H groups in total. The normalized spacial score (nSPS) is 16.7. The van der Waals surface area contributed by atoms with Crippen molar-refractivity contribution in [1.82, 2.24) is 9.80 Å². The molecule has 1 aromatic rings. The molecule has 1 aliphatic rings. The summed E-state index contributed by atoms with van der Waals surface area (Å²) in [6.07, 6.45) is 0. The van der Waals surface area contributed by atoms with Gasteiger partial charge in [0.15, 0.2) is 0 Å². The zero-order chi connectivity index (χ0) is 14.5. The summed E-state index contributed by atoms with van der Waals surface area (Å²) in [6, 6.07) is 8.06. The Morgan fingerprint density at radius 1 is 1.15 bits per heavy atom. The molecule has 1 fully saturated rings. The molecule has 0 atom stereocenters. The van der Waals surface area contributed by atoms with Gasteiger partial charge in [0.05, 0.1) is 0 Å². The average molecular weight is 339 g/mol. The highest BCUT2D eigenvalue weighted by Crippen LogP contribution is 2.16. The largest absolute Gasteiger partial charge is 0.336 e. The Morgan fingerprint density at radius 2 is 1.75 bits per heavy atom. The number of nitrogens with zero attached hydrogens (tertiary/aromatic N) is 2. The van der Waals surface area contributed by atoms with Gasteiger partial charge in [0.25, 0.3) is 5.91 Å². The molecule has 0 radical (unpaired) electrons. The van der Waals surface area contributed by atoms with Crippen molar-refractivity contribution >= 4 is 21.8 Å². The van der Waals surface area contributed by atoms with Crippen LogP contribution >= 0.6 is 15.9 Å². The molecule has 1 saturated heterocycles. The van der Waals surface area contributed by atoms with Crippen LogP contribution in [0.2, 0.25) is 0 Å². The quantitative estimate of drug-likeness (QED) is 0.788. The number of carbonyl (C=O) groups excluding carboxylic acids is 1. The first-order valence-corrected chi connectivity index (χ1v) is 8.41. The maximum atomic E-state index is 12.4. The lowest BCUT2D eigenvalue weighted by Crippen LogP contribution is -2.49. The van der Waals surface area contributed by atoms with Gasteiger partial charge in [-0.25, -0.2) is 0 Å². The monoisotopic (exact) mass is 338 g/mol. The standard InChI is InChI=1S/C16H23BrN2O/c1-13(2)14-3-5-15(6-4-14)16(20)19-11-9-18(8-7-17)10-12-19/h3-6,13H,7-12H2,1-2H3. The van der Waals surface area contributed by atoms with E-state index >= 15 is 0 Å².